The minimum atomic E-state index is -0.477. The molecule has 156 valence electrons. The van der Waals surface area contributed by atoms with Crippen molar-refractivity contribution in [2.75, 3.05) is 32.7 Å². The number of benzene rings is 1. The molecule has 3 rings (SSSR count). The number of halogens is 1. The monoisotopic (exact) mass is 418 g/mol. The SMILES string of the molecule is CC(C)(C)c1nc(CN2CCN(C(=O)CNC(=O)c3cccc(F)c3)CC2)cs1. The van der Waals surface area contributed by atoms with Gasteiger partial charge in [-0.1, -0.05) is 26.8 Å². The average molecular weight is 419 g/mol. The molecule has 2 aromatic rings. The van der Waals surface area contributed by atoms with Crippen molar-refractivity contribution < 1.29 is 14.0 Å². The van der Waals surface area contributed by atoms with Crippen molar-refractivity contribution in [3.8, 4) is 0 Å². The van der Waals surface area contributed by atoms with E-state index in [0.717, 1.165) is 36.4 Å². The topological polar surface area (TPSA) is 65.5 Å². The average Bonchev–Trinajstić information content (AvgIpc) is 3.15. The fourth-order valence-electron chi connectivity index (χ4n) is 3.11. The molecule has 0 bridgehead atoms. The summed E-state index contributed by atoms with van der Waals surface area (Å²) < 4.78 is 13.2. The van der Waals surface area contributed by atoms with E-state index in [2.05, 4.69) is 36.4 Å². The van der Waals surface area contributed by atoms with Crippen molar-refractivity contribution in [3.05, 3.63) is 51.7 Å². The number of hydrogen-bond acceptors (Lipinski definition) is 5. The quantitative estimate of drug-likeness (QED) is 0.811. The fourth-order valence-corrected chi connectivity index (χ4v) is 4.01. The van der Waals surface area contributed by atoms with Crippen molar-refractivity contribution in [2.24, 2.45) is 0 Å². The normalized spacial score (nSPS) is 15.4. The van der Waals surface area contributed by atoms with E-state index in [-0.39, 0.29) is 23.4 Å². The number of amides is 2. The Bertz CT molecular complexity index is 870. The van der Waals surface area contributed by atoms with E-state index in [1.54, 1.807) is 16.2 Å². The van der Waals surface area contributed by atoms with Gasteiger partial charge in [0, 0.05) is 49.1 Å². The molecule has 1 saturated heterocycles. The van der Waals surface area contributed by atoms with Gasteiger partial charge in [-0.3, -0.25) is 14.5 Å². The molecule has 29 heavy (non-hydrogen) atoms. The molecule has 1 aliphatic heterocycles. The largest absolute Gasteiger partial charge is 0.343 e. The molecule has 1 N–H and O–H groups in total. The molecular weight excluding hydrogens is 391 g/mol. The van der Waals surface area contributed by atoms with Crippen LogP contribution >= 0.6 is 11.3 Å². The van der Waals surface area contributed by atoms with Crippen LogP contribution in [0.5, 0.6) is 0 Å². The van der Waals surface area contributed by atoms with E-state index < -0.39 is 11.7 Å². The Morgan fingerprint density at radius 3 is 2.55 bits per heavy atom. The van der Waals surface area contributed by atoms with Gasteiger partial charge >= 0.3 is 0 Å². The van der Waals surface area contributed by atoms with E-state index >= 15 is 0 Å². The third kappa shape index (κ3) is 5.83. The number of nitrogens with one attached hydrogen (secondary N) is 1. The maximum atomic E-state index is 13.2. The Hall–Kier alpha value is -2.32. The maximum absolute atomic E-state index is 13.2. The lowest BCUT2D eigenvalue weighted by atomic mass is 9.98. The summed E-state index contributed by atoms with van der Waals surface area (Å²) in [5.74, 6) is -1.05. The Morgan fingerprint density at radius 2 is 1.93 bits per heavy atom. The van der Waals surface area contributed by atoms with Gasteiger partial charge in [0.25, 0.3) is 5.91 Å². The summed E-state index contributed by atoms with van der Waals surface area (Å²) in [6, 6.07) is 5.42. The fraction of sp³-hybridized carbons (Fsp3) is 0.476. The first-order chi connectivity index (χ1) is 13.7. The van der Waals surface area contributed by atoms with Gasteiger partial charge in [-0.25, -0.2) is 9.37 Å². The third-order valence-corrected chi connectivity index (χ3v) is 6.11. The van der Waals surface area contributed by atoms with Crippen LogP contribution in [-0.4, -0.2) is 59.3 Å². The molecule has 1 aromatic carbocycles. The number of aromatic nitrogens is 1. The van der Waals surface area contributed by atoms with Crippen LogP contribution in [0.1, 0.15) is 41.8 Å². The molecule has 0 radical (unpaired) electrons. The highest BCUT2D eigenvalue weighted by Gasteiger charge is 2.23. The minimum Gasteiger partial charge on any atom is -0.343 e. The van der Waals surface area contributed by atoms with E-state index in [4.69, 9.17) is 4.98 Å². The van der Waals surface area contributed by atoms with E-state index in [1.807, 2.05) is 0 Å². The number of carbonyl (C=O) groups is 2. The van der Waals surface area contributed by atoms with E-state index in [9.17, 15) is 14.0 Å². The van der Waals surface area contributed by atoms with Crippen molar-refractivity contribution in [1.29, 1.82) is 0 Å². The van der Waals surface area contributed by atoms with Gasteiger partial charge in [-0.05, 0) is 18.2 Å². The van der Waals surface area contributed by atoms with Crippen LogP contribution in [0, 0.1) is 5.82 Å². The Balaban J connectivity index is 1.43. The molecule has 2 amide bonds. The van der Waals surface area contributed by atoms with E-state index in [0.29, 0.717) is 13.1 Å². The summed E-state index contributed by atoms with van der Waals surface area (Å²) >= 11 is 1.69. The molecule has 1 fully saturated rings. The highest BCUT2D eigenvalue weighted by molar-refractivity contribution is 7.09. The molecule has 0 saturated carbocycles. The molecule has 6 nitrogen and oxygen atoms in total. The van der Waals surface area contributed by atoms with Crippen molar-refractivity contribution in [2.45, 2.75) is 32.7 Å². The van der Waals surface area contributed by atoms with Crippen LogP contribution in [0.2, 0.25) is 0 Å². The molecule has 0 unspecified atom stereocenters. The van der Waals surface area contributed by atoms with Crippen LogP contribution in [0.4, 0.5) is 4.39 Å². The first-order valence-electron chi connectivity index (χ1n) is 9.71. The Labute approximate surface area is 174 Å². The molecule has 0 aliphatic carbocycles. The minimum absolute atomic E-state index is 0.0595. The number of thiazole rings is 1. The first-order valence-corrected chi connectivity index (χ1v) is 10.6. The third-order valence-electron chi connectivity index (χ3n) is 4.79. The zero-order chi connectivity index (χ0) is 21.0. The number of piperazine rings is 1. The van der Waals surface area contributed by atoms with Crippen LogP contribution in [0.25, 0.3) is 0 Å². The van der Waals surface area contributed by atoms with Crippen molar-refractivity contribution in [3.63, 3.8) is 0 Å². The zero-order valence-electron chi connectivity index (χ0n) is 17.1. The molecule has 2 heterocycles. The van der Waals surface area contributed by atoms with Gasteiger partial charge in [0.05, 0.1) is 17.2 Å². The number of hydrogen-bond donors (Lipinski definition) is 1. The summed E-state index contributed by atoms with van der Waals surface area (Å²) in [6.45, 7) is 9.95. The number of rotatable bonds is 5. The summed E-state index contributed by atoms with van der Waals surface area (Å²) in [5, 5.41) is 5.82. The second kappa shape index (κ2) is 9.00. The number of nitrogens with zero attached hydrogens (tertiary/aromatic N) is 3. The van der Waals surface area contributed by atoms with Crippen molar-refractivity contribution >= 4 is 23.2 Å². The van der Waals surface area contributed by atoms with Gasteiger partial charge < -0.3 is 10.2 Å². The van der Waals surface area contributed by atoms with Crippen LogP contribution < -0.4 is 5.32 Å². The molecule has 0 atom stereocenters. The van der Waals surface area contributed by atoms with Gasteiger partial charge in [-0.2, -0.15) is 0 Å². The molecule has 0 spiro atoms. The summed E-state index contributed by atoms with van der Waals surface area (Å²) in [4.78, 5) is 33.2. The molecule has 8 heteroatoms. The summed E-state index contributed by atoms with van der Waals surface area (Å²) in [6.07, 6.45) is 0. The maximum Gasteiger partial charge on any atom is 0.251 e. The van der Waals surface area contributed by atoms with Gasteiger partial charge in [0.15, 0.2) is 0 Å². The van der Waals surface area contributed by atoms with Crippen LogP contribution in [0.3, 0.4) is 0 Å². The van der Waals surface area contributed by atoms with Gasteiger partial charge in [0.2, 0.25) is 5.91 Å². The van der Waals surface area contributed by atoms with E-state index in [1.165, 1.54) is 18.2 Å². The smallest absolute Gasteiger partial charge is 0.251 e. The predicted octanol–water partition coefficient (Wildman–Crippen LogP) is 2.65. The predicted molar refractivity (Wildman–Crippen MR) is 111 cm³/mol. The standard InChI is InChI=1S/C21H27FN4O2S/c1-21(2,3)20-24-17(14-29-20)13-25-7-9-26(10-8-25)18(27)12-23-19(28)15-5-4-6-16(22)11-15/h4-6,11,14H,7-10,12-13H2,1-3H3,(H,23,28). The summed E-state index contributed by atoms with van der Waals surface area (Å²) in [7, 11) is 0. The lowest BCUT2D eigenvalue weighted by Gasteiger charge is -2.34. The lowest BCUT2D eigenvalue weighted by Crippen LogP contribution is -2.50. The van der Waals surface area contributed by atoms with Gasteiger partial charge in [0.1, 0.15) is 5.82 Å². The second-order valence-electron chi connectivity index (χ2n) is 8.24. The molecular formula is C21H27FN4O2S. The zero-order valence-corrected chi connectivity index (χ0v) is 17.9. The van der Waals surface area contributed by atoms with Crippen molar-refractivity contribution in [1.82, 2.24) is 20.1 Å². The molecule has 1 aliphatic rings. The second-order valence-corrected chi connectivity index (χ2v) is 9.10. The Morgan fingerprint density at radius 1 is 1.21 bits per heavy atom. The van der Waals surface area contributed by atoms with Crippen LogP contribution in [0.15, 0.2) is 29.6 Å². The highest BCUT2D eigenvalue weighted by Crippen LogP contribution is 2.26. The first kappa shape index (κ1) is 21.4. The number of carbonyl (C=O) groups excluding carboxylic acids is 2. The summed E-state index contributed by atoms with van der Waals surface area (Å²) in [5.41, 5.74) is 1.34. The lowest BCUT2D eigenvalue weighted by molar-refractivity contribution is -0.131. The van der Waals surface area contributed by atoms with Crippen LogP contribution in [-0.2, 0) is 16.8 Å². The Kier molecular flexibility index (Phi) is 6.64. The van der Waals surface area contributed by atoms with Gasteiger partial charge in [-0.15, -0.1) is 11.3 Å². The molecule has 1 aromatic heterocycles. The highest BCUT2D eigenvalue weighted by atomic mass is 32.1.